The van der Waals surface area contributed by atoms with Crippen LogP contribution in [0.1, 0.15) is 19.3 Å². The second-order valence-electron chi connectivity index (χ2n) is 8.24. The summed E-state index contributed by atoms with van der Waals surface area (Å²) >= 11 is 4.52. The molecule has 2 amide bonds. The van der Waals surface area contributed by atoms with E-state index in [1.54, 1.807) is 9.80 Å². The lowest BCUT2D eigenvalue weighted by Crippen LogP contribution is -2.44. The highest BCUT2D eigenvalue weighted by Crippen LogP contribution is 2.33. The number of carbonyl (C=O) groups excluding carboxylic acids is 2. The second-order valence-corrected chi connectivity index (χ2v) is 10.2. The summed E-state index contributed by atoms with van der Waals surface area (Å²) in [6.45, 7) is 1.40. The van der Waals surface area contributed by atoms with Crippen LogP contribution in [0.4, 0.5) is 14.5 Å². The first-order valence-electron chi connectivity index (χ1n) is 10.6. The number of thiazole rings is 1. The summed E-state index contributed by atoms with van der Waals surface area (Å²) in [7, 11) is 0. The van der Waals surface area contributed by atoms with Crippen LogP contribution in [-0.2, 0) is 9.59 Å². The SMILES string of the molecule is O=C(C1CC(=O)N(c2cccc(Br)c2)C1)N1CCC(Oc2nc3c(F)cc(F)cc3s2)CC1. The lowest BCUT2D eigenvalue weighted by Gasteiger charge is -2.33. The van der Waals surface area contributed by atoms with Crippen molar-refractivity contribution in [1.29, 1.82) is 0 Å². The molecule has 0 spiro atoms. The van der Waals surface area contributed by atoms with Crippen molar-refractivity contribution >= 4 is 55.0 Å². The van der Waals surface area contributed by atoms with Crippen LogP contribution in [0.3, 0.4) is 0 Å². The zero-order chi connectivity index (χ0) is 23.1. The lowest BCUT2D eigenvalue weighted by molar-refractivity contribution is -0.137. The summed E-state index contributed by atoms with van der Waals surface area (Å²) < 4.78 is 34.5. The van der Waals surface area contributed by atoms with Crippen LogP contribution < -0.4 is 9.64 Å². The molecule has 2 aromatic carbocycles. The molecule has 0 radical (unpaired) electrons. The van der Waals surface area contributed by atoms with E-state index in [1.165, 1.54) is 6.07 Å². The van der Waals surface area contributed by atoms with E-state index < -0.39 is 11.6 Å². The average molecular weight is 536 g/mol. The number of halogens is 3. The molecule has 1 aromatic heterocycles. The molecular formula is C23H20BrF2N3O3S. The molecule has 0 saturated carbocycles. The van der Waals surface area contributed by atoms with Gasteiger partial charge in [0.15, 0.2) is 5.82 Å². The van der Waals surface area contributed by atoms with E-state index in [2.05, 4.69) is 20.9 Å². The molecule has 5 rings (SSSR count). The van der Waals surface area contributed by atoms with Gasteiger partial charge in [0.2, 0.25) is 11.8 Å². The maximum atomic E-state index is 13.9. The Morgan fingerprint density at radius 3 is 2.73 bits per heavy atom. The first kappa shape index (κ1) is 22.2. The molecule has 2 aliphatic heterocycles. The van der Waals surface area contributed by atoms with E-state index in [0.29, 0.717) is 42.4 Å². The standard InChI is InChI=1S/C23H20BrF2N3O3S/c24-14-2-1-3-16(9-14)29-12-13(8-20(29)30)22(31)28-6-4-17(5-7-28)32-23-27-21-18(26)10-15(25)11-19(21)33-23/h1-3,9-11,13,17H,4-8,12H2. The van der Waals surface area contributed by atoms with Crippen LogP contribution in [0.25, 0.3) is 10.2 Å². The fourth-order valence-electron chi connectivity index (χ4n) is 4.35. The van der Waals surface area contributed by atoms with Gasteiger partial charge in [0.05, 0.1) is 10.6 Å². The third kappa shape index (κ3) is 4.59. The summed E-state index contributed by atoms with van der Waals surface area (Å²) in [4.78, 5) is 33.2. The summed E-state index contributed by atoms with van der Waals surface area (Å²) in [6.07, 6.45) is 1.25. The Balaban J connectivity index is 1.18. The van der Waals surface area contributed by atoms with Gasteiger partial charge in [-0.1, -0.05) is 33.3 Å². The highest BCUT2D eigenvalue weighted by molar-refractivity contribution is 9.10. The molecule has 1 atom stereocenters. The predicted molar refractivity (Wildman–Crippen MR) is 124 cm³/mol. The molecule has 6 nitrogen and oxygen atoms in total. The number of anilines is 1. The predicted octanol–water partition coefficient (Wildman–Crippen LogP) is 4.76. The number of rotatable bonds is 4. The van der Waals surface area contributed by atoms with Crippen LogP contribution >= 0.6 is 27.3 Å². The van der Waals surface area contributed by atoms with Crippen molar-refractivity contribution < 1.29 is 23.1 Å². The van der Waals surface area contributed by atoms with Gasteiger partial charge in [0.25, 0.3) is 5.19 Å². The van der Waals surface area contributed by atoms with Crippen LogP contribution in [0, 0.1) is 17.6 Å². The van der Waals surface area contributed by atoms with Gasteiger partial charge in [-0.05, 0) is 24.3 Å². The normalized spacial score (nSPS) is 19.5. The summed E-state index contributed by atoms with van der Waals surface area (Å²) in [6, 6.07) is 9.54. The Hall–Kier alpha value is -2.59. The minimum Gasteiger partial charge on any atom is -0.467 e. The smallest absolute Gasteiger partial charge is 0.274 e. The number of fused-ring (bicyclic) bond motifs is 1. The molecule has 2 aliphatic rings. The molecule has 2 fully saturated rings. The molecule has 10 heteroatoms. The number of piperidine rings is 1. The number of benzene rings is 2. The van der Waals surface area contributed by atoms with Crippen LogP contribution in [0.15, 0.2) is 40.9 Å². The molecular weight excluding hydrogens is 516 g/mol. The van der Waals surface area contributed by atoms with Gasteiger partial charge in [-0.25, -0.2) is 8.78 Å². The molecule has 1 unspecified atom stereocenters. The summed E-state index contributed by atoms with van der Waals surface area (Å²) in [5.74, 6) is -1.79. The maximum absolute atomic E-state index is 13.9. The summed E-state index contributed by atoms with van der Waals surface area (Å²) in [5, 5.41) is 0.297. The molecule has 33 heavy (non-hydrogen) atoms. The Morgan fingerprint density at radius 1 is 1.18 bits per heavy atom. The molecule has 0 bridgehead atoms. The highest BCUT2D eigenvalue weighted by Gasteiger charge is 2.38. The van der Waals surface area contributed by atoms with Crippen molar-refractivity contribution in [2.45, 2.75) is 25.4 Å². The van der Waals surface area contributed by atoms with Gasteiger partial charge in [-0.15, -0.1) is 0 Å². The molecule has 172 valence electrons. The molecule has 0 aliphatic carbocycles. The van der Waals surface area contributed by atoms with Gasteiger partial charge in [0, 0.05) is 55.1 Å². The average Bonchev–Trinajstić information content (AvgIpc) is 3.37. The first-order valence-corrected chi connectivity index (χ1v) is 12.3. The number of ether oxygens (including phenoxy) is 1. The Bertz CT molecular complexity index is 1230. The van der Waals surface area contributed by atoms with E-state index in [-0.39, 0.29) is 35.8 Å². The number of hydrogen-bond acceptors (Lipinski definition) is 5. The molecule has 3 heterocycles. The van der Waals surface area contributed by atoms with Crippen LogP contribution in [0.5, 0.6) is 5.19 Å². The number of hydrogen-bond donors (Lipinski definition) is 0. The van der Waals surface area contributed by atoms with Crippen molar-refractivity contribution in [3.05, 3.63) is 52.5 Å². The highest BCUT2D eigenvalue weighted by atomic mass is 79.9. The van der Waals surface area contributed by atoms with Gasteiger partial charge < -0.3 is 14.5 Å². The number of carbonyl (C=O) groups is 2. The Kier molecular flexibility index (Phi) is 6.05. The van der Waals surface area contributed by atoms with Crippen LogP contribution in [0.2, 0.25) is 0 Å². The van der Waals surface area contributed by atoms with E-state index >= 15 is 0 Å². The van der Waals surface area contributed by atoms with Gasteiger partial charge in [-0.3, -0.25) is 9.59 Å². The van der Waals surface area contributed by atoms with Crippen molar-refractivity contribution in [2.75, 3.05) is 24.5 Å². The monoisotopic (exact) mass is 535 g/mol. The van der Waals surface area contributed by atoms with E-state index in [1.807, 2.05) is 24.3 Å². The van der Waals surface area contributed by atoms with Crippen molar-refractivity contribution in [3.63, 3.8) is 0 Å². The zero-order valence-electron chi connectivity index (χ0n) is 17.5. The third-order valence-electron chi connectivity index (χ3n) is 6.01. The number of likely N-dealkylation sites (tertiary alicyclic amines) is 1. The quantitative estimate of drug-likeness (QED) is 0.483. The third-order valence-corrected chi connectivity index (χ3v) is 7.40. The fraction of sp³-hybridized carbons (Fsp3) is 0.348. The van der Waals surface area contributed by atoms with E-state index in [4.69, 9.17) is 4.74 Å². The minimum atomic E-state index is -0.709. The van der Waals surface area contributed by atoms with Crippen molar-refractivity contribution in [1.82, 2.24) is 9.88 Å². The molecule has 0 N–H and O–H groups in total. The largest absolute Gasteiger partial charge is 0.467 e. The number of nitrogens with zero attached hydrogens (tertiary/aromatic N) is 3. The number of amides is 2. The van der Waals surface area contributed by atoms with Gasteiger partial charge in [-0.2, -0.15) is 4.98 Å². The van der Waals surface area contributed by atoms with Gasteiger partial charge >= 0.3 is 0 Å². The lowest BCUT2D eigenvalue weighted by atomic mass is 10.0. The maximum Gasteiger partial charge on any atom is 0.274 e. The molecule has 2 saturated heterocycles. The summed E-state index contributed by atoms with van der Waals surface area (Å²) in [5.41, 5.74) is 0.883. The zero-order valence-corrected chi connectivity index (χ0v) is 19.9. The topological polar surface area (TPSA) is 62.7 Å². The van der Waals surface area contributed by atoms with E-state index in [0.717, 1.165) is 27.6 Å². The fourth-order valence-corrected chi connectivity index (χ4v) is 5.66. The van der Waals surface area contributed by atoms with E-state index in [9.17, 15) is 18.4 Å². The Morgan fingerprint density at radius 2 is 1.97 bits per heavy atom. The Labute approximate surface area is 201 Å². The van der Waals surface area contributed by atoms with Crippen molar-refractivity contribution in [3.8, 4) is 5.19 Å². The minimum absolute atomic E-state index is 0.0168. The van der Waals surface area contributed by atoms with Crippen LogP contribution in [-0.4, -0.2) is 47.4 Å². The van der Waals surface area contributed by atoms with Crippen molar-refractivity contribution in [2.24, 2.45) is 5.92 Å². The molecule has 3 aromatic rings. The second kappa shape index (κ2) is 8.98. The van der Waals surface area contributed by atoms with Gasteiger partial charge in [0.1, 0.15) is 17.4 Å². The first-order chi connectivity index (χ1) is 15.9. The number of aromatic nitrogens is 1.